The van der Waals surface area contributed by atoms with Crippen molar-refractivity contribution in [1.29, 1.82) is 0 Å². The van der Waals surface area contributed by atoms with E-state index >= 15 is 0 Å². The van der Waals surface area contributed by atoms with Crippen LogP contribution < -0.4 is 5.73 Å². The maximum atomic E-state index is 12.7. The molecule has 0 amide bonds. The highest BCUT2D eigenvalue weighted by Gasteiger charge is 2.47. The second-order valence-corrected chi connectivity index (χ2v) is 6.82. The van der Waals surface area contributed by atoms with E-state index in [9.17, 15) is 13.2 Å². The van der Waals surface area contributed by atoms with Gasteiger partial charge in [0.05, 0.1) is 17.3 Å². The second-order valence-electron chi connectivity index (χ2n) is 6.82. The van der Waals surface area contributed by atoms with Crippen LogP contribution in [0.5, 0.6) is 0 Å². The van der Waals surface area contributed by atoms with Gasteiger partial charge in [-0.1, -0.05) is 32.0 Å². The first-order chi connectivity index (χ1) is 10.7. The molecule has 0 spiro atoms. The van der Waals surface area contributed by atoms with Gasteiger partial charge in [-0.25, -0.2) is 0 Å². The SMILES string of the molecule is CC1(C)CC1c1cccnc1C(N)c1ccc(C(F)(F)F)cc1. The summed E-state index contributed by atoms with van der Waals surface area (Å²) in [4.78, 5) is 4.41. The first-order valence-corrected chi connectivity index (χ1v) is 7.58. The van der Waals surface area contributed by atoms with E-state index in [-0.39, 0.29) is 5.41 Å². The Bertz CT molecular complexity index is 705. The van der Waals surface area contributed by atoms with Gasteiger partial charge in [-0.2, -0.15) is 13.2 Å². The number of aromatic nitrogens is 1. The summed E-state index contributed by atoms with van der Waals surface area (Å²) >= 11 is 0. The number of alkyl halides is 3. The highest BCUT2D eigenvalue weighted by atomic mass is 19.4. The Balaban J connectivity index is 1.91. The monoisotopic (exact) mass is 320 g/mol. The van der Waals surface area contributed by atoms with Crippen LogP contribution in [0, 0.1) is 5.41 Å². The summed E-state index contributed by atoms with van der Waals surface area (Å²) in [5.41, 5.74) is 8.34. The summed E-state index contributed by atoms with van der Waals surface area (Å²) in [6.07, 6.45) is -1.58. The average molecular weight is 320 g/mol. The third-order valence-corrected chi connectivity index (χ3v) is 4.65. The van der Waals surface area contributed by atoms with E-state index in [4.69, 9.17) is 5.73 Å². The van der Waals surface area contributed by atoms with E-state index in [1.54, 1.807) is 6.20 Å². The molecule has 2 nitrogen and oxygen atoms in total. The predicted molar refractivity (Wildman–Crippen MR) is 82.9 cm³/mol. The average Bonchev–Trinajstić information content (AvgIpc) is 3.14. The minimum Gasteiger partial charge on any atom is -0.319 e. The van der Waals surface area contributed by atoms with Crippen LogP contribution in [-0.4, -0.2) is 4.98 Å². The summed E-state index contributed by atoms with van der Waals surface area (Å²) in [5, 5.41) is 0. The molecule has 1 saturated carbocycles. The molecule has 2 unspecified atom stereocenters. The van der Waals surface area contributed by atoms with Gasteiger partial charge in [0.2, 0.25) is 0 Å². The van der Waals surface area contributed by atoms with Crippen LogP contribution in [0.15, 0.2) is 42.6 Å². The Kier molecular flexibility index (Phi) is 3.71. The fourth-order valence-electron chi connectivity index (χ4n) is 3.02. The Morgan fingerprint density at radius 1 is 1.17 bits per heavy atom. The van der Waals surface area contributed by atoms with Crippen LogP contribution in [0.2, 0.25) is 0 Å². The fraction of sp³-hybridized carbons (Fsp3) is 0.389. The highest BCUT2D eigenvalue weighted by Crippen LogP contribution is 2.59. The highest BCUT2D eigenvalue weighted by molar-refractivity contribution is 5.39. The van der Waals surface area contributed by atoms with E-state index in [0.29, 0.717) is 11.5 Å². The number of hydrogen-bond donors (Lipinski definition) is 1. The minimum atomic E-state index is -4.34. The standard InChI is InChI=1S/C18H19F3N2/c1-17(2)10-14(17)13-4-3-9-23-16(13)15(22)11-5-7-12(8-6-11)18(19,20)21/h3-9,14-15H,10,22H2,1-2H3. The summed E-state index contributed by atoms with van der Waals surface area (Å²) in [7, 11) is 0. The molecule has 5 heteroatoms. The molecule has 0 saturated heterocycles. The molecule has 122 valence electrons. The van der Waals surface area contributed by atoms with E-state index in [1.165, 1.54) is 12.1 Å². The van der Waals surface area contributed by atoms with Crippen LogP contribution in [0.4, 0.5) is 13.2 Å². The van der Waals surface area contributed by atoms with Crippen LogP contribution in [0.25, 0.3) is 0 Å². The molecule has 1 heterocycles. The Hall–Kier alpha value is -1.88. The van der Waals surface area contributed by atoms with Gasteiger partial charge in [0, 0.05) is 6.20 Å². The van der Waals surface area contributed by atoms with Crippen LogP contribution in [0.3, 0.4) is 0 Å². The molecule has 2 atom stereocenters. The van der Waals surface area contributed by atoms with Gasteiger partial charge in [-0.3, -0.25) is 4.98 Å². The number of benzene rings is 1. The lowest BCUT2D eigenvalue weighted by Gasteiger charge is -2.17. The van der Waals surface area contributed by atoms with Crippen LogP contribution in [0.1, 0.15) is 54.6 Å². The van der Waals surface area contributed by atoms with Gasteiger partial charge >= 0.3 is 6.18 Å². The molecule has 2 N–H and O–H groups in total. The van der Waals surface area contributed by atoms with Crippen molar-refractivity contribution < 1.29 is 13.2 Å². The zero-order valence-electron chi connectivity index (χ0n) is 13.1. The number of pyridine rings is 1. The van der Waals surface area contributed by atoms with Gasteiger partial charge in [0.15, 0.2) is 0 Å². The lowest BCUT2D eigenvalue weighted by Crippen LogP contribution is -2.16. The first kappa shape index (κ1) is 16.0. The van der Waals surface area contributed by atoms with Crippen molar-refractivity contribution in [2.24, 2.45) is 11.1 Å². The normalized spacial score (nSPS) is 21.0. The van der Waals surface area contributed by atoms with Gasteiger partial charge in [-0.05, 0) is 47.1 Å². The molecule has 3 rings (SSSR count). The second kappa shape index (κ2) is 5.34. The predicted octanol–water partition coefficient (Wildman–Crippen LogP) is 4.66. The van der Waals surface area contributed by atoms with Crippen molar-refractivity contribution in [3.8, 4) is 0 Å². The van der Waals surface area contributed by atoms with E-state index in [1.807, 2.05) is 12.1 Å². The van der Waals surface area contributed by atoms with Crippen LogP contribution >= 0.6 is 0 Å². The van der Waals surface area contributed by atoms with E-state index in [2.05, 4.69) is 18.8 Å². The van der Waals surface area contributed by atoms with Crippen molar-refractivity contribution in [2.45, 2.75) is 38.4 Å². The number of nitrogens with zero attached hydrogens (tertiary/aromatic N) is 1. The van der Waals surface area contributed by atoms with Crippen molar-refractivity contribution in [1.82, 2.24) is 4.98 Å². The largest absolute Gasteiger partial charge is 0.416 e. The molecule has 1 aliphatic carbocycles. The van der Waals surface area contributed by atoms with Gasteiger partial charge in [0.25, 0.3) is 0 Å². The van der Waals surface area contributed by atoms with Crippen molar-refractivity contribution in [3.63, 3.8) is 0 Å². The van der Waals surface area contributed by atoms with Gasteiger partial charge in [-0.15, -0.1) is 0 Å². The number of nitrogens with two attached hydrogens (primary N) is 1. The number of rotatable bonds is 3. The Labute approximate surface area is 133 Å². The maximum absolute atomic E-state index is 12.7. The number of hydrogen-bond acceptors (Lipinski definition) is 2. The number of halogens is 3. The molecule has 1 aromatic carbocycles. The van der Waals surface area contributed by atoms with Gasteiger partial charge < -0.3 is 5.73 Å². The molecular formula is C18H19F3N2. The lowest BCUT2D eigenvalue weighted by molar-refractivity contribution is -0.137. The smallest absolute Gasteiger partial charge is 0.319 e. The fourth-order valence-corrected chi connectivity index (χ4v) is 3.02. The zero-order chi connectivity index (χ0) is 16.8. The summed E-state index contributed by atoms with van der Waals surface area (Å²) in [5.74, 6) is 0.409. The minimum absolute atomic E-state index is 0.234. The summed E-state index contributed by atoms with van der Waals surface area (Å²) < 4.78 is 38.0. The topological polar surface area (TPSA) is 38.9 Å². The molecular weight excluding hydrogens is 301 g/mol. The maximum Gasteiger partial charge on any atom is 0.416 e. The lowest BCUT2D eigenvalue weighted by atomic mass is 9.94. The van der Waals surface area contributed by atoms with Gasteiger partial charge in [0.1, 0.15) is 0 Å². The Morgan fingerprint density at radius 2 is 1.78 bits per heavy atom. The molecule has 0 radical (unpaired) electrons. The molecule has 0 bridgehead atoms. The molecule has 0 aliphatic heterocycles. The third kappa shape index (κ3) is 3.11. The third-order valence-electron chi connectivity index (χ3n) is 4.65. The quantitative estimate of drug-likeness (QED) is 0.893. The molecule has 2 aromatic rings. The summed E-state index contributed by atoms with van der Waals surface area (Å²) in [6.45, 7) is 4.39. The zero-order valence-corrected chi connectivity index (χ0v) is 13.1. The van der Waals surface area contributed by atoms with Crippen molar-refractivity contribution >= 4 is 0 Å². The van der Waals surface area contributed by atoms with Crippen LogP contribution in [-0.2, 0) is 6.18 Å². The molecule has 23 heavy (non-hydrogen) atoms. The first-order valence-electron chi connectivity index (χ1n) is 7.58. The Morgan fingerprint density at radius 3 is 2.30 bits per heavy atom. The van der Waals surface area contributed by atoms with Crippen molar-refractivity contribution in [3.05, 3.63) is 65.0 Å². The van der Waals surface area contributed by atoms with E-state index in [0.717, 1.165) is 29.8 Å². The van der Waals surface area contributed by atoms with Crippen molar-refractivity contribution in [2.75, 3.05) is 0 Å². The molecule has 1 aromatic heterocycles. The molecule has 1 fully saturated rings. The van der Waals surface area contributed by atoms with E-state index < -0.39 is 17.8 Å². The summed E-state index contributed by atoms with van der Waals surface area (Å²) in [6, 6.07) is 8.38. The molecule has 1 aliphatic rings.